The van der Waals surface area contributed by atoms with Crippen LogP contribution in [0.3, 0.4) is 0 Å². The molecule has 0 aliphatic rings. The van der Waals surface area contributed by atoms with Crippen molar-refractivity contribution in [2.45, 2.75) is 13.8 Å². The van der Waals surface area contributed by atoms with E-state index in [0.717, 1.165) is 11.4 Å². The van der Waals surface area contributed by atoms with Gasteiger partial charge in [-0.1, -0.05) is 17.2 Å². The Balaban J connectivity index is 2.42. The first-order chi connectivity index (χ1) is 8.52. The van der Waals surface area contributed by atoms with Gasteiger partial charge in [-0.3, -0.25) is 0 Å². The molecule has 1 aromatic carbocycles. The minimum atomic E-state index is -0.369. The maximum atomic E-state index is 13.4. The Labute approximate surface area is 105 Å². The number of hydrogen-bond acceptors (Lipinski definition) is 2. The van der Waals surface area contributed by atoms with Gasteiger partial charge >= 0.3 is 5.95 Å². The van der Waals surface area contributed by atoms with Crippen LogP contribution in [0.5, 0.6) is 0 Å². The van der Waals surface area contributed by atoms with Crippen LogP contribution in [0.1, 0.15) is 11.4 Å². The van der Waals surface area contributed by atoms with Crippen molar-refractivity contribution in [1.82, 2.24) is 4.57 Å². The summed E-state index contributed by atoms with van der Waals surface area (Å²) in [5, 5.41) is 8.09. The molecule has 0 spiro atoms. The number of rotatable bonds is 2. The number of aromatic nitrogens is 2. The van der Waals surface area contributed by atoms with E-state index in [1.807, 2.05) is 37.1 Å². The fourth-order valence-corrected chi connectivity index (χ4v) is 1.78. The van der Waals surface area contributed by atoms with Gasteiger partial charge in [0.15, 0.2) is 5.82 Å². The lowest BCUT2D eigenvalue weighted by atomic mass is 10.3. The second kappa shape index (κ2) is 4.68. The van der Waals surface area contributed by atoms with Crippen molar-refractivity contribution < 1.29 is 8.96 Å². The van der Waals surface area contributed by atoms with Crippen molar-refractivity contribution in [2.75, 3.05) is 0 Å². The standard InChI is InChI=1S/C13H16FN4/c1-9-10(2)18(4)13(17(9)3)16-15-12-8-6-5-7-11(12)14/h5-8H,1-4H3/q+1. The predicted octanol–water partition coefficient (Wildman–Crippen LogP) is 3.02. The van der Waals surface area contributed by atoms with Gasteiger partial charge in [-0.05, 0) is 26.0 Å². The molecular weight excluding hydrogens is 231 g/mol. The summed E-state index contributed by atoms with van der Waals surface area (Å²) in [6.45, 7) is 4.02. The molecule has 0 fully saturated rings. The van der Waals surface area contributed by atoms with E-state index < -0.39 is 0 Å². The van der Waals surface area contributed by atoms with E-state index >= 15 is 0 Å². The van der Waals surface area contributed by atoms with E-state index in [1.165, 1.54) is 6.07 Å². The third-order valence-corrected chi connectivity index (χ3v) is 3.23. The van der Waals surface area contributed by atoms with Gasteiger partial charge in [0.1, 0.15) is 17.1 Å². The zero-order valence-corrected chi connectivity index (χ0v) is 11.0. The highest BCUT2D eigenvalue weighted by Gasteiger charge is 2.19. The molecule has 0 aliphatic carbocycles. The SMILES string of the molecule is Cc1c(C)[n+](C)c(N=Nc2ccccc2F)n1C. The minimum Gasteiger partial charge on any atom is -0.231 e. The van der Waals surface area contributed by atoms with Gasteiger partial charge in [0.05, 0.1) is 14.1 Å². The van der Waals surface area contributed by atoms with E-state index in [4.69, 9.17) is 0 Å². The summed E-state index contributed by atoms with van der Waals surface area (Å²) in [7, 11) is 3.83. The summed E-state index contributed by atoms with van der Waals surface area (Å²) < 4.78 is 17.3. The van der Waals surface area contributed by atoms with Gasteiger partial charge < -0.3 is 0 Å². The molecule has 0 radical (unpaired) electrons. The summed E-state index contributed by atoms with van der Waals surface area (Å²) in [6, 6.07) is 6.33. The molecule has 1 heterocycles. The highest BCUT2D eigenvalue weighted by molar-refractivity contribution is 5.37. The Bertz CT molecular complexity index is 588. The number of nitrogens with zero attached hydrogens (tertiary/aromatic N) is 4. The van der Waals surface area contributed by atoms with Crippen LogP contribution in [0.2, 0.25) is 0 Å². The molecule has 0 bridgehead atoms. The van der Waals surface area contributed by atoms with Crippen molar-refractivity contribution in [3.05, 3.63) is 41.5 Å². The average molecular weight is 247 g/mol. The largest absolute Gasteiger partial charge is 0.421 e. The lowest BCUT2D eigenvalue weighted by molar-refractivity contribution is -0.664. The Morgan fingerprint density at radius 3 is 2.39 bits per heavy atom. The number of imidazole rings is 1. The third-order valence-electron chi connectivity index (χ3n) is 3.23. The summed E-state index contributed by atoms with van der Waals surface area (Å²) in [5.41, 5.74) is 2.47. The van der Waals surface area contributed by atoms with Crippen LogP contribution < -0.4 is 4.57 Å². The van der Waals surface area contributed by atoms with E-state index in [2.05, 4.69) is 10.2 Å². The highest BCUT2D eigenvalue weighted by Crippen LogP contribution is 2.20. The van der Waals surface area contributed by atoms with Crippen molar-refractivity contribution in [3.8, 4) is 0 Å². The summed E-state index contributed by atoms with van der Waals surface area (Å²) in [4.78, 5) is 0. The molecule has 0 N–H and O–H groups in total. The van der Waals surface area contributed by atoms with Gasteiger partial charge in [-0.15, -0.1) is 0 Å². The van der Waals surface area contributed by atoms with Gasteiger partial charge in [-0.25, -0.2) is 13.5 Å². The lowest BCUT2D eigenvalue weighted by Gasteiger charge is -1.92. The molecule has 0 saturated carbocycles. The first-order valence-electron chi connectivity index (χ1n) is 5.70. The van der Waals surface area contributed by atoms with Crippen LogP contribution in [0.4, 0.5) is 16.0 Å². The molecule has 0 amide bonds. The Hall–Kier alpha value is -2.04. The lowest BCUT2D eigenvalue weighted by Crippen LogP contribution is -2.29. The molecule has 2 rings (SSSR count). The number of azo groups is 1. The van der Waals surface area contributed by atoms with Gasteiger partial charge in [-0.2, -0.15) is 0 Å². The van der Waals surface area contributed by atoms with E-state index in [9.17, 15) is 4.39 Å². The molecule has 0 unspecified atom stereocenters. The molecule has 2 aromatic rings. The van der Waals surface area contributed by atoms with Crippen LogP contribution in [0.25, 0.3) is 0 Å². The zero-order valence-electron chi connectivity index (χ0n) is 11.0. The highest BCUT2D eigenvalue weighted by atomic mass is 19.1. The molecule has 94 valence electrons. The van der Waals surface area contributed by atoms with Gasteiger partial charge in [0, 0.05) is 5.11 Å². The third kappa shape index (κ3) is 2.03. The quantitative estimate of drug-likeness (QED) is 0.577. The summed E-state index contributed by atoms with van der Waals surface area (Å²) in [5.74, 6) is 0.319. The van der Waals surface area contributed by atoms with Crippen molar-refractivity contribution >= 4 is 11.6 Å². The Morgan fingerprint density at radius 1 is 1.17 bits per heavy atom. The van der Waals surface area contributed by atoms with Gasteiger partial charge in [0.25, 0.3) is 0 Å². The van der Waals surface area contributed by atoms with E-state index in [0.29, 0.717) is 5.95 Å². The molecular formula is C13H16FN4+. The van der Waals surface area contributed by atoms with Crippen LogP contribution in [-0.2, 0) is 14.1 Å². The topological polar surface area (TPSA) is 33.5 Å². The second-order valence-electron chi connectivity index (χ2n) is 4.24. The van der Waals surface area contributed by atoms with Crippen LogP contribution in [0, 0.1) is 19.7 Å². The smallest absolute Gasteiger partial charge is 0.231 e. The normalized spacial score (nSPS) is 11.4. The van der Waals surface area contributed by atoms with Crippen LogP contribution in [0.15, 0.2) is 34.5 Å². The fraction of sp³-hybridized carbons (Fsp3) is 0.308. The van der Waals surface area contributed by atoms with Crippen molar-refractivity contribution in [2.24, 2.45) is 24.3 Å². The molecule has 4 nitrogen and oxygen atoms in total. The zero-order chi connectivity index (χ0) is 13.3. The summed E-state index contributed by atoms with van der Waals surface area (Å²) in [6.07, 6.45) is 0. The number of hydrogen-bond donors (Lipinski definition) is 0. The minimum absolute atomic E-state index is 0.244. The predicted molar refractivity (Wildman–Crippen MR) is 66.6 cm³/mol. The van der Waals surface area contributed by atoms with Crippen LogP contribution >= 0.6 is 0 Å². The molecule has 18 heavy (non-hydrogen) atoms. The number of halogens is 1. The number of benzene rings is 1. The van der Waals surface area contributed by atoms with Gasteiger partial charge in [0.2, 0.25) is 0 Å². The maximum Gasteiger partial charge on any atom is 0.421 e. The van der Waals surface area contributed by atoms with Crippen molar-refractivity contribution in [3.63, 3.8) is 0 Å². The average Bonchev–Trinajstić information content (AvgIpc) is 2.54. The molecule has 0 atom stereocenters. The van der Waals surface area contributed by atoms with E-state index in [1.54, 1.807) is 18.2 Å². The Morgan fingerprint density at radius 2 is 1.83 bits per heavy atom. The van der Waals surface area contributed by atoms with E-state index in [-0.39, 0.29) is 11.5 Å². The summed E-state index contributed by atoms with van der Waals surface area (Å²) >= 11 is 0. The first kappa shape index (κ1) is 12.4. The molecule has 1 aromatic heterocycles. The fourth-order valence-electron chi connectivity index (χ4n) is 1.78. The van der Waals surface area contributed by atoms with Crippen molar-refractivity contribution in [1.29, 1.82) is 0 Å². The second-order valence-corrected chi connectivity index (χ2v) is 4.24. The molecule has 0 saturated heterocycles. The molecule has 0 aliphatic heterocycles. The monoisotopic (exact) mass is 247 g/mol. The Kier molecular flexibility index (Phi) is 3.23. The molecule has 5 heteroatoms. The first-order valence-corrected chi connectivity index (χ1v) is 5.70. The van der Waals surface area contributed by atoms with Crippen LogP contribution in [-0.4, -0.2) is 4.57 Å². The maximum absolute atomic E-state index is 13.4.